The summed E-state index contributed by atoms with van der Waals surface area (Å²) >= 11 is 0. The van der Waals surface area contributed by atoms with E-state index in [4.69, 9.17) is 0 Å². The zero-order chi connectivity index (χ0) is 45.1. The van der Waals surface area contributed by atoms with Gasteiger partial charge in [-0.05, 0) is 196 Å². The Balaban J connectivity index is 1.04. The van der Waals surface area contributed by atoms with Gasteiger partial charge in [0.1, 0.15) is 0 Å². The number of fused-ring (bicyclic) bond motifs is 16. The average Bonchev–Trinajstić information content (AvgIpc) is 4.16. The second kappa shape index (κ2) is 12.5. The van der Waals surface area contributed by atoms with Crippen LogP contribution in [0.2, 0.25) is 0 Å². The topological polar surface area (TPSA) is 0 Å². The Hall–Kier alpha value is -9.10. The van der Waals surface area contributed by atoms with Crippen molar-refractivity contribution in [1.82, 2.24) is 0 Å². The monoisotopic (exact) mass is 876 g/mol. The van der Waals surface area contributed by atoms with Gasteiger partial charge in [0.2, 0.25) is 0 Å². The molecular formula is C70H36. The molecule has 0 heterocycles. The zero-order valence-electron chi connectivity index (χ0n) is 37.8. The van der Waals surface area contributed by atoms with Crippen LogP contribution < -0.4 is 0 Å². The first-order valence-corrected chi connectivity index (χ1v) is 24.7. The molecule has 0 aliphatic heterocycles. The summed E-state index contributed by atoms with van der Waals surface area (Å²) in [6.45, 7) is 0. The second-order valence-electron chi connectivity index (χ2n) is 20.0. The summed E-state index contributed by atoms with van der Waals surface area (Å²) < 4.78 is 0. The highest BCUT2D eigenvalue weighted by Crippen LogP contribution is 2.58. The number of benzene rings is 14. The predicted octanol–water partition coefficient (Wildman–Crippen LogP) is 20.0. The Morgan fingerprint density at radius 2 is 0.414 bits per heavy atom. The molecule has 0 saturated heterocycles. The first-order valence-electron chi connectivity index (χ1n) is 24.7. The number of rotatable bonds is 3. The highest BCUT2D eigenvalue weighted by atomic mass is 14.3. The molecule has 0 nitrogen and oxygen atoms in total. The third kappa shape index (κ3) is 4.12. The van der Waals surface area contributed by atoms with Gasteiger partial charge in [0.05, 0.1) is 0 Å². The largest absolute Gasteiger partial charge is 0.0622 e. The van der Waals surface area contributed by atoms with Crippen molar-refractivity contribution in [3.63, 3.8) is 0 Å². The summed E-state index contributed by atoms with van der Waals surface area (Å²) in [4.78, 5) is 0. The van der Waals surface area contributed by atoms with Crippen LogP contribution in [-0.2, 0) is 0 Å². The molecule has 0 fully saturated rings. The molecule has 0 unspecified atom stereocenters. The van der Waals surface area contributed by atoms with Gasteiger partial charge < -0.3 is 0 Å². The maximum absolute atomic E-state index is 2.49. The van der Waals surface area contributed by atoms with Crippen molar-refractivity contribution < 1.29 is 0 Å². The van der Waals surface area contributed by atoms with Gasteiger partial charge in [-0.3, -0.25) is 0 Å². The molecule has 18 rings (SSSR count). The summed E-state index contributed by atoms with van der Waals surface area (Å²) in [5, 5.41) is 37.8. The van der Waals surface area contributed by atoms with Crippen LogP contribution in [0.25, 0.3) is 184 Å². The van der Waals surface area contributed by atoms with Crippen LogP contribution in [0.1, 0.15) is 0 Å². The van der Waals surface area contributed by atoms with Crippen LogP contribution in [-0.4, -0.2) is 0 Å². The van der Waals surface area contributed by atoms with Crippen molar-refractivity contribution in [3.8, 4) is 33.4 Å². The fourth-order valence-electron chi connectivity index (χ4n) is 14.4. The minimum absolute atomic E-state index is 1.24. The second-order valence-corrected chi connectivity index (χ2v) is 20.0. The van der Waals surface area contributed by atoms with Crippen molar-refractivity contribution in [2.75, 3.05) is 0 Å². The van der Waals surface area contributed by atoms with Crippen LogP contribution in [0.15, 0.2) is 218 Å². The van der Waals surface area contributed by atoms with Gasteiger partial charge in [0.25, 0.3) is 0 Å². The normalized spacial score (nSPS) is 12.9. The van der Waals surface area contributed by atoms with Crippen LogP contribution in [0.5, 0.6) is 0 Å². The highest BCUT2D eigenvalue weighted by molar-refractivity contribution is 6.54. The van der Waals surface area contributed by atoms with Gasteiger partial charge >= 0.3 is 0 Å². The van der Waals surface area contributed by atoms with Crippen molar-refractivity contribution in [3.05, 3.63) is 218 Å². The Morgan fingerprint density at radius 3 is 0.929 bits per heavy atom. The van der Waals surface area contributed by atoms with E-state index in [0.29, 0.717) is 0 Å². The summed E-state index contributed by atoms with van der Waals surface area (Å²) in [5.74, 6) is 0. The van der Waals surface area contributed by atoms with E-state index in [1.807, 2.05) is 0 Å². The van der Waals surface area contributed by atoms with Crippen LogP contribution in [0.3, 0.4) is 0 Å². The zero-order valence-corrected chi connectivity index (χ0v) is 37.8. The molecule has 316 valence electrons. The molecule has 70 heavy (non-hydrogen) atoms. The van der Waals surface area contributed by atoms with Gasteiger partial charge in [-0.25, -0.2) is 0 Å². The van der Waals surface area contributed by atoms with Gasteiger partial charge in [-0.15, -0.1) is 0 Å². The molecule has 0 spiro atoms. The molecule has 0 aromatic heterocycles. The molecule has 18 aromatic rings. The quantitative estimate of drug-likeness (QED) is 0.123. The molecule has 0 radical (unpaired) electrons. The van der Waals surface area contributed by atoms with Crippen LogP contribution in [0, 0.1) is 0 Å². The van der Waals surface area contributed by atoms with Gasteiger partial charge in [0, 0.05) is 0 Å². The Morgan fingerprint density at radius 1 is 0.129 bits per heavy atom. The fourth-order valence-corrected chi connectivity index (χ4v) is 14.4. The Bertz CT molecular complexity index is 5220. The van der Waals surface area contributed by atoms with Crippen LogP contribution >= 0.6 is 0 Å². The lowest BCUT2D eigenvalue weighted by atomic mass is 9.87. The van der Waals surface area contributed by atoms with Gasteiger partial charge in [-0.2, -0.15) is 0 Å². The van der Waals surface area contributed by atoms with Crippen molar-refractivity contribution >= 4 is 151 Å². The smallest absolute Gasteiger partial charge is 0.000696 e. The Kier molecular flexibility index (Phi) is 6.43. The minimum atomic E-state index is 1.24. The standard InChI is InChI=1S/C70H36/c1-4-15-37(16-5-1)40-35-55-42-22-11-13-24-45(42)66-64(55)56(36-40)58(39-19-8-3-9-20-39)68-52-32-28-47-48-29-33-53-62-51(31-27-46(59(48)62)49-30-34-54(70(66)68)63(52)60(47)49)67-57(38-17-6-2-7-18-38)50-26-14-25-43-41-21-10-12-23-44(41)65(61(43)50)69(53)67/h1-36H. The molecule has 0 atom stereocenters. The van der Waals surface area contributed by atoms with Crippen molar-refractivity contribution in [2.24, 2.45) is 0 Å². The summed E-state index contributed by atoms with van der Waals surface area (Å²) in [6.07, 6.45) is 0. The highest BCUT2D eigenvalue weighted by Gasteiger charge is 2.30. The third-order valence-electron chi connectivity index (χ3n) is 16.9. The molecule has 18 aromatic carbocycles. The molecule has 0 N–H and O–H groups in total. The SMILES string of the molecule is c1ccc(-c2cc3c(-c4ccccc4)c4c5ccc6c7ccc8c9c(ccc(c%10ccc(c5c6%10)c4c4c5ccccc5c(c2)c34)c79)c2c(-c3ccccc3)c3cccc4c5ccccc5c(c34)c82)cc1. The molecule has 0 saturated carbocycles. The maximum Gasteiger partial charge on any atom is -0.000696 e. The fraction of sp³-hybridized carbons (Fsp3) is 0. The lowest BCUT2D eigenvalue weighted by Crippen LogP contribution is -1.87. The first-order chi connectivity index (χ1) is 34.8. The lowest BCUT2D eigenvalue weighted by molar-refractivity contribution is 1.66. The lowest BCUT2D eigenvalue weighted by Gasteiger charge is -2.15. The predicted molar refractivity (Wildman–Crippen MR) is 304 cm³/mol. The van der Waals surface area contributed by atoms with E-state index in [-0.39, 0.29) is 0 Å². The maximum atomic E-state index is 2.49. The summed E-state index contributed by atoms with van der Waals surface area (Å²) in [5.41, 5.74) is 7.67. The molecule has 0 aliphatic carbocycles. The van der Waals surface area contributed by atoms with E-state index in [9.17, 15) is 0 Å². The Labute approximate surface area is 400 Å². The molecular weight excluding hydrogens is 841 g/mol. The van der Waals surface area contributed by atoms with E-state index >= 15 is 0 Å². The van der Waals surface area contributed by atoms with E-state index in [2.05, 4.69) is 218 Å². The molecule has 0 heteroatoms. The molecule has 0 bridgehead atoms. The minimum Gasteiger partial charge on any atom is -0.0622 e. The van der Waals surface area contributed by atoms with Crippen LogP contribution in [0.4, 0.5) is 0 Å². The molecule has 0 aliphatic rings. The van der Waals surface area contributed by atoms with Gasteiger partial charge in [0.15, 0.2) is 0 Å². The first kappa shape index (κ1) is 36.0. The van der Waals surface area contributed by atoms with Crippen molar-refractivity contribution in [1.29, 1.82) is 0 Å². The molecule has 0 amide bonds. The van der Waals surface area contributed by atoms with E-state index in [0.717, 1.165) is 0 Å². The van der Waals surface area contributed by atoms with E-state index in [1.165, 1.54) is 184 Å². The van der Waals surface area contributed by atoms with Crippen molar-refractivity contribution in [2.45, 2.75) is 0 Å². The number of hydrogen-bond acceptors (Lipinski definition) is 0. The summed E-state index contributed by atoms with van der Waals surface area (Å²) in [6, 6.07) is 83.2. The summed E-state index contributed by atoms with van der Waals surface area (Å²) in [7, 11) is 0. The van der Waals surface area contributed by atoms with E-state index < -0.39 is 0 Å². The average molecular weight is 877 g/mol. The van der Waals surface area contributed by atoms with E-state index in [1.54, 1.807) is 0 Å². The number of hydrogen-bond donors (Lipinski definition) is 0. The third-order valence-corrected chi connectivity index (χ3v) is 16.9. The van der Waals surface area contributed by atoms with Gasteiger partial charge in [-0.1, -0.05) is 206 Å².